The van der Waals surface area contributed by atoms with E-state index >= 15 is 0 Å². The second-order valence-electron chi connectivity index (χ2n) is 9.74. The van der Waals surface area contributed by atoms with Gasteiger partial charge in [-0.25, -0.2) is 0 Å². The van der Waals surface area contributed by atoms with Gasteiger partial charge >= 0.3 is 0 Å². The van der Waals surface area contributed by atoms with Crippen molar-refractivity contribution in [1.29, 1.82) is 0 Å². The predicted molar refractivity (Wildman–Crippen MR) is 105 cm³/mol. The van der Waals surface area contributed by atoms with E-state index in [-0.39, 0.29) is 18.1 Å². The van der Waals surface area contributed by atoms with E-state index in [1.54, 1.807) is 0 Å². The third kappa shape index (κ3) is 3.03. The zero-order valence-electron chi connectivity index (χ0n) is 16.9. The van der Waals surface area contributed by atoms with E-state index < -0.39 is 24.6 Å². The average molecular weight is 405 g/mol. The number of hydrogen-bond acceptors (Lipinski definition) is 6. The first-order valence-corrected chi connectivity index (χ1v) is 11.0. The minimum absolute atomic E-state index is 0.0851. The second-order valence-corrected chi connectivity index (χ2v) is 9.74. The van der Waals surface area contributed by atoms with E-state index in [0.717, 1.165) is 38.5 Å². The van der Waals surface area contributed by atoms with Crippen molar-refractivity contribution < 1.29 is 29.9 Å². The summed E-state index contributed by atoms with van der Waals surface area (Å²) in [7, 11) is 0. The lowest BCUT2D eigenvalue weighted by Gasteiger charge is -2.50. The molecule has 9 atom stereocenters. The van der Waals surface area contributed by atoms with Crippen LogP contribution in [0.15, 0.2) is 18.2 Å². The Bertz CT molecular complexity index is 768. The van der Waals surface area contributed by atoms with Crippen LogP contribution in [0.1, 0.15) is 56.1 Å². The van der Waals surface area contributed by atoms with E-state index in [4.69, 9.17) is 9.47 Å². The number of rotatable bonds is 3. The van der Waals surface area contributed by atoms with Gasteiger partial charge < -0.3 is 29.9 Å². The molecule has 5 rings (SSSR count). The maximum Gasteiger partial charge on any atom is 0.229 e. The molecule has 1 aromatic rings. The van der Waals surface area contributed by atoms with Crippen LogP contribution in [0.3, 0.4) is 0 Å². The molecule has 0 amide bonds. The molecule has 4 N–H and O–H groups in total. The summed E-state index contributed by atoms with van der Waals surface area (Å²) in [6.45, 7) is 1.93. The van der Waals surface area contributed by atoms with E-state index in [0.29, 0.717) is 23.5 Å². The fourth-order valence-corrected chi connectivity index (χ4v) is 6.70. The van der Waals surface area contributed by atoms with Crippen LogP contribution in [0.4, 0.5) is 0 Å². The minimum atomic E-state index is -1.18. The summed E-state index contributed by atoms with van der Waals surface area (Å²) in [5, 5.41) is 39.8. The number of aliphatic hydroxyl groups excluding tert-OH is 4. The molecule has 2 saturated carbocycles. The third-order valence-electron chi connectivity index (χ3n) is 8.40. The number of aryl methyl sites for hydroxylation is 1. The predicted octanol–water partition coefficient (Wildman–Crippen LogP) is 1.72. The molecule has 1 heterocycles. The van der Waals surface area contributed by atoms with Gasteiger partial charge in [-0.15, -0.1) is 0 Å². The number of aliphatic hydroxyl groups is 4. The first-order valence-electron chi connectivity index (χ1n) is 11.0. The standard InChI is InChI=1S/C23H32O6/c1-23-9-8-15-14-5-3-13(28-22-21(27)20(26)18(11-24)29-22)10-12(14)2-4-16(15)17(23)6-7-19(23)25/h3,5,10,15-22,24-27H,2,4,6-9,11H2,1H3/t15-,16-,17+,18-,19+,20+,21-,22?,23+/m1/s1. The van der Waals surface area contributed by atoms with Crippen molar-refractivity contribution in [1.82, 2.24) is 0 Å². The quantitative estimate of drug-likeness (QED) is 0.612. The van der Waals surface area contributed by atoms with Crippen LogP contribution < -0.4 is 4.74 Å². The summed E-state index contributed by atoms with van der Waals surface area (Å²) in [5.41, 5.74) is 2.78. The minimum Gasteiger partial charge on any atom is -0.462 e. The number of fused-ring (bicyclic) bond motifs is 5. The van der Waals surface area contributed by atoms with Crippen LogP contribution in [0.25, 0.3) is 0 Å². The van der Waals surface area contributed by atoms with Gasteiger partial charge in [0.1, 0.15) is 24.1 Å². The molecule has 6 heteroatoms. The van der Waals surface area contributed by atoms with E-state index in [1.807, 2.05) is 12.1 Å². The van der Waals surface area contributed by atoms with Crippen LogP contribution in [0, 0.1) is 17.3 Å². The smallest absolute Gasteiger partial charge is 0.229 e. The molecule has 1 unspecified atom stereocenters. The molecular formula is C23H32O6. The Balaban J connectivity index is 1.34. The van der Waals surface area contributed by atoms with Gasteiger partial charge in [0, 0.05) is 0 Å². The number of benzene rings is 1. The zero-order valence-corrected chi connectivity index (χ0v) is 16.9. The molecule has 0 bridgehead atoms. The van der Waals surface area contributed by atoms with Crippen molar-refractivity contribution in [2.45, 2.75) is 82.1 Å². The highest BCUT2D eigenvalue weighted by atomic mass is 16.7. The van der Waals surface area contributed by atoms with Gasteiger partial charge in [-0.05, 0) is 85.0 Å². The Hall–Kier alpha value is -1.18. The highest BCUT2D eigenvalue weighted by Gasteiger charge is 2.54. The Labute approximate surface area is 171 Å². The monoisotopic (exact) mass is 404 g/mol. The Morgan fingerprint density at radius 1 is 1.10 bits per heavy atom. The molecule has 29 heavy (non-hydrogen) atoms. The number of ether oxygens (including phenoxy) is 2. The third-order valence-corrected chi connectivity index (χ3v) is 8.40. The van der Waals surface area contributed by atoms with Gasteiger partial charge in [-0.3, -0.25) is 0 Å². The average Bonchev–Trinajstić information content (AvgIpc) is 3.18. The van der Waals surface area contributed by atoms with Crippen LogP contribution >= 0.6 is 0 Å². The van der Waals surface area contributed by atoms with Gasteiger partial charge in [-0.1, -0.05) is 13.0 Å². The molecule has 0 aromatic heterocycles. The lowest BCUT2D eigenvalue weighted by Crippen LogP contribution is -2.43. The molecule has 6 nitrogen and oxygen atoms in total. The molecule has 3 aliphatic carbocycles. The molecule has 1 aromatic carbocycles. The Morgan fingerprint density at radius 2 is 1.93 bits per heavy atom. The van der Waals surface area contributed by atoms with Crippen molar-refractivity contribution in [3.63, 3.8) is 0 Å². The van der Waals surface area contributed by atoms with Gasteiger partial charge in [0.05, 0.1) is 12.7 Å². The highest BCUT2D eigenvalue weighted by molar-refractivity contribution is 5.41. The summed E-state index contributed by atoms with van der Waals surface area (Å²) < 4.78 is 11.3. The van der Waals surface area contributed by atoms with Crippen molar-refractivity contribution >= 4 is 0 Å². The topological polar surface area (TPSA) is 99.4 Å². The summed E-state index contributed by atoms with van der Waals surface area (Å²) in [5.74, 6) is 2.42. The summed E-state index contributed by atoms with van der Waals surface area (Å²) in [4.78, 5) is 0. The first-order chi connectivity index (χ1) is 13.9. The fourth-order valence-electron chi connectivity index (χ4n) is 6.70. The Morgan fingerprint density at radius 3 is 2.69 bits per heavy atom. The van der Waals surface area contributed by atoms with Gasteiger partial charge in [0.25, 0.3) is 0 Å². The van der Waals surface area contributed by atoms with Crippen LogP contribution in [-0.4, -0.2) is 57.7 Å². The van der Waals surface area contributed by atoms with Crippen molar-refractivity contribution in [2.24, 2.45) is 17.3 Å². The van der Waals surface area contributed by atoms with Crippen molar-refractivity contribution in [3.05, 3.63) is 29.3 Å². The van der Waals surface area contributed by atoms with Gasteiger partial charge in [0.2, 0.25) is 6.29 Å². The molecule has 1 aliphatic heterocycles. The van der Waals surface area contributed by atoms with Crippen LogP contribution in [0.5, 0.6) is 5.75 Å². The highest BCUT2D eigenvalue weighted by Crippen LogP contribution is 2.60. The molecule has 0 spiro atoms. The van der Waals surface area contributed by atoms with Crippen molar-refractivity contribution in [3.8, 4) is 5.75 Å². The molecular weight excluding hydrogens is 372 g/mol. The maximum absolute atomic E-state index is 10.5. The van der Waals surface area contributed by atoms with E-state index in [9.17, 15) is 20.4 Å². The molecule has 3 fully saturated rings. The molecule has 0 radical (unpaired) electrons. The lowest BCUT2D eigenvalue weighted by molar-refractivity contribution is -0.116. The number of hydrogen-bond donors (Lipinski definition) is 4. The zero-order chi connectivity index (χ0) is 20.3. The molecule has 1 saturated heterocycles. The maximum atomic E-state index is 10.5. The summed E-state index contributed by atoms with van der Waals surface area (Å²) in [6, 6.07) is 6.11. The largest absolute Gasteiger partial charge is 0.462 e. The van der Waals surface area contributed by atoms with Gasteiger partial charge in [0.15, 0.2) is 0 Å². The molecule has 4 aliphatic rings. The van der Waals surface area contributed by atoms with Crippen LogP contribution in [0.2, 0.25) is 0 Å². The fraction of sp³-hybridized carbons (Fsp3) is 0.739. The van der Waals surface area contributed by atoms with Gasteiger partial charge in [-0.2, -0.15) is 0 Å². The lowest BCUT2D eigenvalue weighted by atomic mass is 9.55. The SMILES string of the molecule is C[C@]12CC[C@@H]3c4ccc(OC5O[C@H](CO)[C@H](O)[C@H]5O)cc4CC[C@H]3[C@@H]1CC[C@@H]2O. The molecule has 160 valence electrons. The van der Waals surface area contributed by atoms with E-state index in [2.05, 4.69) is 13.0 Å². The first kappa shape index (κ1) is 19.8. The van der Waals surface area contributed by atoms with Crippen LogP contribution in [-0.2, 0) is 11.2 Å². The van der Waals surface area contributed by atoms with Crippen molar-refractivity contribution in [2.75, 3.05) is 6.61 Å². The van der Waals surface area contributed by atoms with E-state index in [1.165, 1.54) is 11.1 Å². The second kappa shape index (κ2) is 7.20. The summed E-state index contributed by atoms with van der Waals surface area (Å²) in [6.07, 6.45) is 2.12. The normalized spacial score (nSPS) is 46.1. The Kier molecular flexibility index (Phi) is 4.91. The summed E-state index contributed by atoms with van der Waals surface area (Å²) >= 11 is 0.